The van der Waals surface area contributed by atoms with Crippen LogP contribution in [0.2, 0.25) is 0 Å². The zero-order chi connectivity index (χ0) is 14.7. The fraction of sp³-hybridized carbons (Fsp3) is 0.438. The van der Waals surface area contributed by atoms with Crippen molar-refractivity contribution in [3.63, 3.8) is 0 Å². The van der Waals surface area contributed by atoms with Crippen LogP contribution < -0.4 is 10.6 Å². The van der Waals surface area contributed by atoms with Crippen LogP contribution in [0.15, 0.2) is 34.9 Å². The van der Waals surface area contributed by atoms with Crippen LogP contribution in [0, 0.1) is 0 Å². The highest BCUT2D eigenvalue weighted by Gasteiger charge is 2.28. The van der Waals surface area contributed by atoms with E-state index in [2.05, 4.69) is 21.6 Å². The van der Waals surface area contributed by atoms with E-state index in [-0.39, 0.29) is 11.9 Å². The van der Waals surface area contributed by atoms with Crippen molar-refractivity contribution in [1.82, 2.24) is 15.5 Å². The van der Waals surface area contributed by atoms with Gasteiger partial charge in [-0.05, 0) is 13.0 Å². The van der Waals surface area contributed by atoms with Gasteiger partial charge in [0.15, 0.2) is 0 Å². The van der Waals surface area contributed by atoms with Crippen molar-refractivity contribution in [3.05, 3.63) is 36.1 Å². The van der Waals surface area contributed by atoms with Gasteiger partial charge in [-0.2, -0.15) is 0 Å². The third-order valence-electron chi connectivity index (χ3n) is 3.94. The molecule has 1 amide bonds. The largest absolute Gasteiger partial charge is 0.464 e. The third-order valence-corrected chi connectivity index (χ3v) is 3.94. The molecular formula is C16H21N3O2. The summed E-state index contributed by atoms with van der Waals surface area (Å²) in [7, 11) is 0. The van der Waals surface area contributed by atoms with Crippen molar-refractivity contribution in [2.24, 2.45) is 0 Å². The molecule has 2 aromatic rings. The van der Waals surface area contributed by atoms with E-state index in [0.717, 1.165) is 36.2 Å². The van der Waals surface area contributed by atoms with Crippen LogP contribution in [0.25, 0.3) is 11.0 Å². The Morgan fingerprint density at radius 1 is 1.48 bits per heavy atom. The minimum atomic E-state index is -0.118. The van der Waals surface area contributed by atoms with Gasteiger partial charge in [0.2, 0.25) is 5.91 Å². The quantitative estimate of drug-likeness (QED) is 0.891. The number of amides is 1. The number of hydrogen-bond acceptors (Lipinski definition) is 4. The lowest BCUT2D eigenvalue weighted by molar-refractivity contribution is -0.127. The van der Waals surface area contributed by atoms with Gasteiger partial charge < -0.3 is 15.1 Å². The molecular weight excluding hydrogens is 266 g/mol. The van der Waals surface area contributed by atoms with Crippen LogP contribution >= 0.6 is 0 Å². The zero-order valence-electron chi connectivity index (χ0n) is 12.3. The van der Waals surface area contributed by atoms with Crippen LogP contribution in [-0.4, -0.2) is 43.0 Å². The van der Waals surface area contributed by atoms with Crippen LogP contribution in [0.1, 0.15) is 12.5 Å². The Balaban J connectivity index is 1.79. The number of carbonyl (C=O) groups excluding carboxylic acids is 1. The van der Waals surface area contributed by atoms with Crippen molar-refractivity contribution in [2.75, 3.05) is 26.2 Å². The SMILES string of the molecule is CCNC(=O)C1CNCCN1Cc1coc2ccccc12. The smallest absolute Gasteiger partial charge is 0.238 e. The predicted octanol–water partition coefficient (Wildman–Crippen LogP) is 1.34. The zero-order valence-corrected chi connectivity index (χ0v) is 12.3. The van der Waals surface area contributed by atoms with E-state index in [1.807, 2.05) is 31.4 Å². The van der Waals surface area contributed by atoms with Crippen molar-refractivity contribution in [2.45, 2.75) is 19.5 Å². The standard InChI is InChI=1S/C16H21N3O2/c1-2-18-16(20)14-9-17-7-8-19(14)10-12-11-21-15-6-4-3-5-13(12)15/h3-6,11,14,17H,2,7-10H2,1H3,(H,18,20). The summed E-state index contributed by atoms with van der Waals surface area (Å²) in [6.45, 7) is 5.81. The summed E-state index contributed by atoms with van der Waals surface area (Å²) in [5.41, 5.74) is 2.04. The Morgan fingerprint density at radius 3 is 3.19 bits per heavy atom. The van der Waals surface area contributed by atoms with Gasteiger partial charge in [-0.15, -0.1) is 0 Å². The maximum absolute atomic E-state index is 12.2. The summed E-state index contributed by atoms with van der Waals surface area (Å²) in [5.74, 6) is 0.0949. The van der Waals surface area contributed by atoms with Crippen LogP contribution in [-0.2, 0) is 11.3 Å². The van der Waals surface area contributed by atoms with E-state index in [0.29, 0.717) is 13.1 Å². The number of nitrogens with one attached hydrogen (secondary N) is 2. The average Bonchev–Trinajstić information content (AvgIpc) is 2.91. The first-order valence-corrected chi connectivity index (χ1v) is 7.47. The van der Waals surface area contributed by atoms with E-state index in [1.165, 1.54) is 0 Å². The lowest BCUT2D eigenvalue weighted by Crippen LogP contribution is -2.57. The van der Waals surface area contributed by atoms with Gasteiger partial charge in [0.05, 0.1) is 6.26 Å². The number of nitrogens with zero attached hydrogens (tertiary/aromatic N) is 1. The van der Waals surface area contributed by atoms with Crippen molar-refractivity contribution in [1.29, 1.82) is 0 Å². The fourth-order valence-electron chi connectivity index (χ4n) is 2.86. The van der Waals surface area contributed by atoms with Gasteiger partial charge in [0, 0.05) is 43.7 Å². The highest BCUT2D eigenvalue weighted by Crippen LogP contribution is 2.23. The number of furan rings is 1. The molecule has 1 aromatic carbocycles. The van der Waals surface area contributed by atoms with Gasteiger partial charge in [-0.1, -0.05) is 18.2 Å². The lowest BCUT2D eigenvalue weighted by atomic mass is 10.1. The van der Waals surface area contributed by atoms with Gasteiger partial charge in [-0.3, -0.25) is 9.69 Å². The number of likely N-dealkylation sites (N-methyl/N-ethyl adjacent to an activating group) is 1. The number of benzene rings is 1. The second kappa shape index (κ2) is 6.28. The molecule has 1 saturated heterocycles. The number of para-hydroxylation sites is 1. The Bertz CT molecular complexity index is 623. The van der Waals surface area contributed by atoms with Crippen LogP contribution in [0.3, 0.4) is 0 Å². The van der Waals surface area contributed by atoms with E-state index in [4.69, 9.17) is 4.42 Å². The van der Waals surface area contributed by atoms with E-state index >= 15 is 0 Å². The fourth-order valence-corrected chi connectivity index (χ4v) is 2.86. The monoisotopic (exact) mass is 287 g/mol. The molecule has 5 nitrogen and oxygen atoms in total. The number of piperazine rings is 1. The Hall–Kier alpha value is -1.85. The highest BCUT2D eigenvalue weighted by molar-refractivity contribution is 5.83. The van der Waals surface area contributed by atoms with Crippen LogP contribution in [0.5, 0.6) is 0 Å². The molecule has 0 radical (unpaired) electrons. The van der Waals surface area contributed by atoms with Crippen molar-refractivity contribution >= 4 is 16.9 Å². The molecule has 0 aliphatic carbocycles. The third kappa shape index (κ3) is 2.94. The Labute approximate surface area is 124 Å². The molecule has 1 aliphatic heterocycles. The highest BCUT2D eigenvalue weighted by atomic mass is 16.3. The van der Waals surface area contributed by atoms with Crippen molar-refractivity contribution in [3.8, 4) is 0 Å². The molecule has 21 heavy (non-hydrogen) atoms. The molecule has 1 aliphatic rings. The number of rotatable bonds is 4. The number of carbonyl (C=O) groups is 1. The Morgan fingerprint density at radius 2 is 2.33 bits per heavy atom. The van der Waals surface area contributed by atoms with Gasteiger partial charge >= 0.3 is 0 Å². The molecule has 3 rings (SSSR count). The molecule has 2 heterocycles. The second-order valence-electron chi connectivity index (χ2n) is 5.34. The van der Waals surface area contributed by atoms with Gasteiger partial charge in [0.25, 0.3) is 0 Å². The van der Waals surface area contributed by atoms with E-state index in [9.17, 15) is 4.79 Å². The predicted molar refractivity (Wildman–Crippen MR) is 82.0 cm³/mol. The minimum Gasteiger partial charge on any atom is -0.464 e. The minimum absolute atomic E-state index is 0.0949. The summed E-state index contributed by atoms with van der Waals surface area (Å²) in [6.07, 6.45) is 1.81. The molecule has 5 heteroatoms. The summed E-state index contributed by atoms with van der Waals surface area (Å²) in [6, 6.07) is 7.90. The summed E-state index contributed by atoms with van der Waals surface area (Å²) in [4.78, 5) is 14.4. The first-order chi connectivity index (χ1) is 10.3. The van der Waals surface area contributed by atoms with Gasteiger partial charge in [0.1, 0.15) is 11.6 Å². The molecule has 2 N–H and O–H groups in total. The number of hydrogen-bond donors (Lipinski definition) is 2. The van der Waals surface area contributed by atoms with Crippen LogP contribution in [0.4, 0.5) is 0 Å². The molecule has 112 valence electrons. The molecule has 1 aromatic heterocycles. The molecule has 0 bridgehead atoms. The maximum Gasteiger partial charge on any atom is 0.238 e. The van der Waals surface area contributed by atoms with E-state index < -0.39 is 0 Å². The molecule has 1 fully saturated rings. The summed E-state index contributed by atoms with van der Waals surface area (Å²) >= 11 is 0. The normalized spacial score (nSPS) is 19.8. The average molecular weight is 287 g/mol. The van der Waals surface area contributed by atoms with E-state index in [1.54, 1.807) is 0 Å². The molecule has 0 saturated carbocycles. The maximum atomic E-state index is 12.2. The lowest BCUT2D eigenvalue weighted by Gasteiger charge is -2.34. The number of fused-ring (bicyclic) bond motifs is 1. The summed E-state index contributed by atoms with van der Waals surface area (Å²) < 4.78 is 5.59. The second-order valence-corrected chi connectivity index (χ2v) is 5.34. The molecule has 1 atom stereocenters. The summed E-state index contributed by atoms with van der Waals surface area (Å²) in [5, 5.41) is 7.34. The molecule has 1 unspecified atom stereocenters. The van der Waals surface area contributed by atoms with Crippen molar-refractivity contribution < 1.29 is 9.21 Å². The molecule has 0 spiro atoms. The first kappa shape index (κ1) is 14.1. The van der Waals surface area contributed by atoms with Gasteiger partial charge in [-0.25, -0.2) is 0 Å². The first-order valence-electron chi connectivity index (χ1n) is 7.47. The topological polar surface area (TPSA) is 57.5 Å². The Kier molecular flexibility index (Phi) is 4.22.